The number of hydrogen-bond donors (Lipinski definition) is 4. The zero-order valence-electron chi connectivity index (χ0n) is 10.3. The first-order chi connectivity index (χ1) is 9.54. The summed E-state index contributed by atoms with van der Waals surface area (Å²) in [5, 5.41) is 20.6. The minimum absolute atomic E-state index is 0.117. The van der Waals surface area contributed by atoms with E-state index >= 15 is 0 Å². The van der Waals surface area contributed by atoms with Crippen LogP contribution >= 0.6 is 15.9 Å². The monoisotopic (exact) mass is 343 g/mol. The van der Waals surface area contributed by atoms with Crippen molar-refractivity contribution in [1.82, 2.24) is 14.5 Å². The molecule has 8 nitrogen and oxygen atoms in total. The number of nitrogen functional groups attached to an aromatic ring is 1. The first kappa shape index (κ1) is 13.7. The van der Waals surface area contributed by atoms with Gasteiger partial charge in [0.1, 0.15) is 36.1 Å². The number of hydrogen-bond acceptors (Lipinski definition) is 7. The lowest BCUT2D eigenvalue weighted by Crippen LogP contribution is -2.35. The third kappa shape index (κ3) is 1.90. The van der Waals surface area contributed by atoms with E-state index in [1.54, 1.807) is 10.8 Å². The van der Waals surface area contributed by atoms with Crippen LogP contribution in [0.1, 0.15) is 6.23 Å². The lowest BCUT2D eigenvalue weighted by atomic mass is 10.1. The molecule has 6 N–H and O–H groups in total. The summed E-state index contributed by atoms with van der Waals surface area (Å²) in [7, 11) is 0. The lowest BCUT2D eigenvalue weighted by Gasteiger charge is -2.17. The molecular formula is C11H14BrN5O3. The molecule has 3 heterocycles. The molecule has 0 saturated carbocycles. The van der Waals surface area contributed by atoms with Crippen molar-refractivity contribution in [3.05, 3.63) is 17.0 Å². The van der Waals surface area contributed by atoms with Gasteiger partial charge in [-0.2, -0.15) is 0 Å². The van der Waals surface area contributed by atoms with Crippen LogP contribution in [-0.4, -0.2) is 49.6 Å². The number of rotatable bonds is 2. The first-order valence-electron chi connectivity index (χ1n) is 6.02. The van der Waals surface area contributed by atoms with Gasteiger partial charge in [-0.25, -0.2) is 9.97 Å². The number of aliphatic hydroxyl groups is 2. The van der Waals surface area contributed by atoms with Crippen LogP contribution in [0.3, 0.4) is 0 Å². The summed E-state index contributed by atoms with van der Waals surface area (Å²) >= 11 is 3.38. The molecule has 20 heavy (non-hydrogen) atoms. The number of anilines is 1. The van der Waals surface area contributed by atoms with Gasteiger partial charge in [-0.15, -0.1) is 0 Å². The Morgan fingerprint density at radius 3 is 2.75 bits per heavy atom. The molecule has 4 atom stereocenters. The summed E-state index contributed by atoms with van der Waals surface area (Å²) in [4.78, 5) is 8.08. The molecule has 2 aromatic heterocycles. The van der Waals surface area contributed by atoms with Crippen molar-refractivity contribution in [3.8, 4) is 0 Å². The van der Waals surface area contributed by atoms with Gasteiger partial charge in [0.25, 0.3) is 0 Å². The normalized spacial score (nSPS) is 30.2. The Balaban J connectivity index is 2.10. The number of aromatic nitrogens is 3. The number of fused-ring (bicyclic) bond motifs is 1. The Kier molecular flexibility index (Phi) is 3.38. The maximum absolute atomic E-state index is 10.1. The van der Waals surface area contributed by atoms with Crippen molar-refractivity contribution < 1.29 is 14.9 Å². The van der Waals surface area contributed by atoms with Crippen LogP contribution in [0.25, 0.3) is 11.0 Å². The minimum Gasteiger partial charge on any atom is -0.387 e. The number of halogens is 1. The van der Waals surface area contributed by atoms with E-state index in [1.807, 2.05) is 0 Å². The highest BCUT2D eigenvalue weighted by molar-refractivity contribution is 9.10. The number of aliphatic hydroxyl groups excluding tert-OH is 2. The molecule has 3 rings (SSSR count). The number of nitrogens with two attached hydrogens (primary N) is 2. The van der Waals surface area contributed by atoms with Gasteiger partial charge in [-0.05, 0) is 15.9 Å². The summed E-state index contributed by atoms with van der Waals surface area (Å²) in [6, 6.07) is 0. The van der Waals surface area contributed by atoms with Gasteiger partial charge in [0.05, 0.1) is 5.39 Å². The number of nitrogens with zero attached hydrogens (tertiary/aromatic N) is 3. The van der Waals surface area contributed by atoms with E-state index < -0.39 is 24.5 Å². The molecule has 0 spiro atoms. The van der Waals surface area contributed by atoms with Crippen molar-refractivity contribution in [2.75, 3.05) is 12.3 Å². The number of ether oxygens (including phenoxy) is 1. The van der Waals surface area contributed by atoms with Crippen LogP contribution in [0.15, 0.2) is 17.0 Å². The molecule has 2 aromatic rings. The molecule has 1 aliphatic rings. The van der Waals surface area contributed by atoms with E-state index in [2.05, 4.69) is 25.9 Å². The Morgan fingerprint density at radius 1 is 1.35 bits per heavy atom. The van der Waals surface area contributed by atoms with Crippen LogP contribution in [0.2, 0.25) is 0 Å². The van der Waals surface area contributed by atoms with E-state index in [9.17, 15) is 10.2 Å². The second-order valence-electron chi connectivity index (χ2n) is 4.62. The largest absolute Gasteiger partial charge is 0.387 e. The average Bonchev–Trinajstić information content (AvgIpc) is 2.90. The third-order valence-corrected chi connectivity index (χ3v) is 4.04. The Labute approximate surface area is 122 Å². The van der Waals surface area contributed by atoms with Crippen LogP contribution in [0.4, 0.5) is 5.82 Å². The summed E-state index contributed by atoms with van der Waals surface area (Å²) in [6.45, 7) is 0.117. The van der Waals surface area contributed by atoms with Gasteiger partial charge in [-0.3, -0.25) is 0 Å². The smallest absolute Gasteiger partial charge is 0.164 e. The van der Waals surface area contributed by atoms with Gasteiger partial charge in [0.15, 0.2) is 6.23 Å². The maximum atomic E-state index is 10.1. The van der Waals surface area contributed by atoms with Crippen LogP contribution in [0, 0.1) is 0 Å². The van der Waals surface area contributed by atoms with E-state index in [0.717, 1.165) is 0 Å². The topological polar surface area (TPSA) is 132 Å². The molecule has 9 heteroatoms. The van der Waals surface area contributed by atoms with Gasteiger partial charge < -0.3 is 31.0 Å². The molecule has 108 valence electrons. The lowest BCUT2D eigenvalue weighted by molar-refractivity contribution is -0.0319. The van der Waals surface area contributed by atoms with Gasteiger partial charge >= 0.3 is 0 Å². The molecule has 1 saturated heterocycles. The van der Waals surface area contributed by atoms with E-state index in [1.165, 1.54) is 6.33 Å². The summed E-state index contributed by atoms with van der Waals surface area (Å²) in [6.07, 6.45) is -0.511. The average molecular weight is 344 g/mol. The van der Waals surface area contributed by atoms with Crippen molar-refractivity contribution in [2.24, 2.45) is 5.73 Å². The minimum atomic E-state index is -1.10. The Morgan fingerprint density at radius 2 is 2.10 bits per heavy atom. The van der Waals surface area contributed by atoms with Crippen LogP contribution < -0.4 is 11.5 Å². The highest BCUT2D eigenvalue weighted by Crippen LogP contribution is 2.35. The summed E-state index contributed by atoms with van der Waals surface area (Å²) in [5.74, 6) is 0.323. The quantitative estimate of drug-likeness (QED) is 0.569. The van der Waals surface area contributed by atoms with Gasteiger partial charge in [0.2, 0.25) is 0 Å². The highest BCUT2D eigenvalue weighted by Gasteiger charge is 2.43. The second kappa shape index (κ2) is 4.93. The molecular weight excluding hydrogens is 330 g/mol. The molecule has 0 aromatic carbocycles. The first-order valence-corrected chi connectivity index (χ1v) is 6.82. The molecule has 0 bridgehead atoms. The van der Waals surface area contributed by atoms with Crippen molar-refractivity contribution in [1.29, 1.82) is 0 Å². The maximum Gasteiger partial charge on any atom is 0.164 e. The molecule has 1 aliphatic heterocycles. The van der Waals surface area contributed by atoms with E-state index in [0.29, 0.717) is 21.3 Å². The Bertz CT molecular complexity index is 648. The summed E-state index contributed by atoms with van der Waals surface area (Å²) < 4.78 is 7.90. The molecule has 0 radical (unpaired) electrons. The molecule has 1 fully saturated rings. The van der Waals surface area contributed by atoms with E-state index in [-0.39, 0.29) is 6.54 Å². The highest BCUT2D eigenvalue weighted by atomic mass is 79.9. The predicted molar refractivity (Wildman–Crippen MR) is 74.6 cm³/mol. The van der Waals surface area contributed by atoms with Gasteiger partial charge in [-0.1, -0.05) is 0 Å². The van der Waals surface area contributed by atoms with Crippen molar-refractivity contribution in [3.63, 3.8) is 0 Å². The predicted octanol–water partition coefficient (Wildman–Crippen LogP) is -0.646. The summed E-state index contributed by atoms with van der Waals surface area (Å²) in [5.41, 5.74) is 11.8. The fourth-order valence-corrected chi connectivity index (χ4v) is 3.01. The standard InChI is InChI=1S/C11H14BrN5O3/c12-4-2-17(10-6(4)9(14)15-3-16-10)11-8(19)7(18)5(1-13)20-11/h2-3,5,7-8,11,18-19H,1,13H2,(H2,14,15,16). The van der Waals surface area contributed by atoms with Crippen LogP contribution in [0.5, 0.6) is 0 Å². The fraction of sp³-hybridized carbons (Fsp3) is 0.455. The van der Waals surface area contributed by atoms with Gasteiger partial charge in [0, 0.05) is 17.2 Å². The second-order valence-corrected chi connectivity index (χ2v) is 5.48. The SMILES string of the molecule is NCC1OC(n2cc(Br)c3c(N)ncnc32)C(O)C1O. The van der Waals surface area contributed by atoms with Crippen molar-refractivity contribution in [2.45, 2.75) is 24.5 Å². The van der Waals surface area contributed by atoms with Crippen molar-refractivity contribution >= 4 is 32.8 Å². The fourth-order valence-electron chi connectivity index (χ4n) is 2.41. The zero-order valence-corrected chi connectivity index (χ0v) is 11.9. The zero-order chi connectivity index (χ0) is 14.4. The van der Waals surface area contributed by atoms with E-state index in [4.69, 9.17) is 16.2 Å². The van der Waals surface area contributed by atoms with Crippen LogP contribution in [-0.2, 0) is 4.74 Å². The molecule has 0 aliphatic carbocycles. The molecule has 4 unspecified atom stereocenters. The molecule has 0 amide bonds. The Hall–Kier alpha value is -1.26. The third-order valence-electron chi connectivity index (χ3n) is 3.44.